The molecule has 0 radical (unpaired) electrons. The maximum atomic E-state index is 12.6. The van der Waals surface area contributed by atoms with Crippen LogP contribution < -0.4 is 9.64 Å². The van der Waals surface area contributed by atoms with Crippen molar-refractivity contribution >= 4 is 28.8 Å². The molecule has 0 fully saturated rings. The largest absolute Gasteiger partial charge is 0.479 e. The molecular formula is C19H22N2O3S. The van der Waals surface area contributed by atoms with Crippen LogP contribution in [0.3, 0.4) is 0 Å². The first kappa shape index (κ1) is 17.5. The van der Waals surface area contributed by atoms with E-state index in [-0.39, 0.29) is 11.8 Å². The molecule has 2 aromatic rings. The fraction of sp³-hybridized carbons (Fsp3) is 0.368. The van der Waals surface area contributed by atoms with Crippen molar-refractivity contribution in [2.45, 2.75) is 32.9 Å². The van der Waals surface area contributed by atoms with E-state index in [1.54, 1.807) is 23.2 Å². The van der Waals surface area contributed by atoms with Gasteiger partial charge in [0.25, 0.3) is 5.91 Å². The second-order valence-electron chi connectivity index (χ2n) is 5.95. The molecule has 1 aliphatic heterocycles. The molecule has 0 spiro atoms. The number of amides is 2. The Morgan fingerprint density at radius 1 is 1.28 bits per heavy atom. The molecule has 132 valence electrons. The van der Waals surface area contributed by atoms with Gasteiger partial charge < -0.3 is 14.5 Å². The summed E-state index contributed by atoms with van der Waals surface area (Å²) >= 11 is 1.65. The van der Waals surface area contributed by atoms with Crippen LogP contribution in [0.1, 0.15) is 25.1 Å². The van der Waals surface area contributed by atoms with Gasteiger partial charge in [0.1, 0.15) is 5.75 Å². The van der Waals surface area contributed by atoms with Gasteiger partial charge in [0.15, 0.2) is 6.10 Å². The molecule has 0 bridgehead atoms. The van der Waals surface area contributed by atoms with Crippen molar-refractivity contribution < 1.29 is 14.3 Å². The van der Waals surface area contributed by atoms with Crippen molar-refractivity contribution in [3.63, 3.8) is 0 Å². The lowest BCUT2D eigenvalue weighted by Crippen LogP contribution is -2.46. The van der Waals surface area contributed by atoms with Crippen molar-refractivity contribution in [3.05, 3.63) is 46.7 Å². The minimum atomic E-state index is -0.529. The highest BCUT2D eigenvalue weighted by Gasteiger charge is 2.31. The van der Waals surface area contributed by atoms with Crippen molar-refractivity contribution in [2.75, 3.05) is 18.0 Å². The Kier molecular flexibility index (Phi) is 5.38. The summed E-state index contributed by atoms with van der Waals surface area (Å²) in [7, 11) is 0. The second kappa shape index (κ2) is 7.70. The van der Waals surface area contributed by atoms with Crippen LogP contribution >= 0.6 is 11.3 Å². The number of benzene rings is 1. The molecule has 1 aromatic heterocycles. The Bertz CT molecular complexity index is 745. The number of carbonyl (C=O) groups excluding carboxylic acids is 2. The van der Waals surface area contributed by atoms with Gasteiger partial charge in [-0.05, 0) is 37.4 Å². The van der Waals surface area contributed by atoms with Gasteiger partial charge in [-0.2, -0.15) is 0 Å². The van der Waals surface area contributed by atoms with Gasteiger partial charge in [0.2, 0.25) is 5.91 Å². The number of para-hydroxylation sites is 2. The van der Waals surface area contributed by atoms with Gasteiger partial charge in [-0.1, -0.05) is 18.2 Å². The summed E-state index contributed by atoms with van der Waals surface area (Å²) in [6.07, 6.45) is -0.232. The second-order valence-corrected chi connectivity index (χ2v) is 6.99. The van der Waals surface area contributed by atoms with E-state index < -0.39 is 6.10 Å². The number of ether oxygens (including phenoxy) is 1. The zero-order chi connectivity index (χ0) is 17.8. The van der Waals surface area contributed by atoms with Crippen LogP contribution in [0.25, 0.3) is 0 Å². The van der Waals surface area contributed by atoms with Gasteiger partial charge in [0, 0.05) is 24.4 Å². The quantitative estimate of drug-likeness (QED) is 0.796. The van der Waals surface area contributed by atoms with E-state index in [0.717, 1.165) is 10.6 Å². The Hall–Kier alpha value is -2.34. The minimum Gasteiger partial charge on any atom is -0.479 e. The number of thiophene rings is 1. The van der Waals surface area contributed by atoms with Crippen molar-refractivity contribution in [2.24, 2.45) is 0 Å². The maximum Gasteiger partial charge on any atom is 0.267 e. The smallest absolute Gasteiger partial charge is 0.267 e. The standard InChI is InChI=1S/C19H22N2O3S/c1-3-20(13-15-7-6-12-25-15)18(22)10-11-21-16-8-4-5-9-17(16)24-14(2)19(21)23/h4-9,12,14H,3,10-11,13H2,1-2H3. The summed E-state index contributed by atoms with van der Waals surface area (Å²) in [5.41, 5.74) is 0.736. The van der Waals surface area contributed by atoms with Crippen LogP contribution in [0.2, 0.25) is 0 Å². The summed E-state index contributed by atoms with van der Waals surface area (Å²) in [4.78, 5) is 29.7. The van der Waals surface area contributed by atoms with Crippen LogP contribution in [0.15, 0.2) is 41.8 Å². The highest BCUT2D eigenvalue weighted by Crippen LogP contribution is 2.33. The summed E-state index contributed by atoms with van der Waals surface area (Å²) in [5, 5.41) is 2.01. The first-order chi connectivity index (χ1) is 12.1. The van der Waals surface area contributed by atoms with E-state index in [0.29, 0.717) is 31.8 Å². The Balaban J connectivity index is 1.67. The molecule has 0 saturated carbocycles. The molecule has 1 aliphatic rings. The van der Waals surface area contributed by atoms with E-state index in [2.05, 4.69) is 0 Å². The van der Waals surface area contributed by atoms with Crippen molar-refractivity contribution in [1.29, 1.82) is 0 Å². The summed E-state index contributed by atoms with van der Waals surface area (Å²) in [6.45, 7) is 5.35. The molecule has 0 aliphatic carbocycles. The zero-order valence-corrected chi connectivity index (χ0v) is 15.3. The maximum absolute atomic E-state index is 12.6. The SMILES string of the molecule is CCN(Cc1cccs1)C(=O)CCN1C(=O)C(C)Oc2ccccc21. The van der Waals surface area contributed by atoms with Gasteiger partial charge >= 0.3 is 0 Å². The third-order valence-electron chi connectivity index (χ3n) is 4.28. The first-order valence-corrected chi connectivity index (χ1v) is 9.35. The van der Waals surface area contributed by atoms with Gasteiger partial charge in [0.05, 0.1) is 12.2 Å². The molecule has 3 rings (SSSR count). The lowest BCUT2D eigenvalue weighted by molar-refractivity contribution is -0.131. The fourth-order valence-electron chi connectivity index (χ4n) is 2.92. The van der Waals surface area contributed by atoms with E-state index >= 15 is 0 Å². The zero-order valence-electron chi connectivity index (χ0n) is 14.5. The van der Waals surface area contributed by atoms with E-state index in [1.807, 2.05) is 53.6 Å². The lowest BCUT2D eigenvalue weighted by atomic mass is 10.1. The number of carbonyl (C=O) groups is 2. The van der Waals surface area contributed by atoms with Crippen LogP contribution in [0, 0.1) is 0 Å². The molecule has 0 N–H and O–H groups in total. The summed E-state index contributed by atoms with van der Waals surface area (Å²) in [6, 6.07) is 11.5. The number of nitrogens with zero attached hydrogens (tertiary/aromatic N) is 2. The van der Waals surface area contributed by atoms with Crippen LogP contribution in [-0.2, 0) is 16.1 Å². The third-order valence-corrected chi connectivity index (χ3v) is 5.15. The fourth-order valence-corrected chi connectivity index (χ4v) is 3.64. The van der Waals surface area contributed by atoms with E-state index in [1.165, 1.54) is 0 Å². The van der Waals surface area contributed by atoms with Crippen LogP contribution in [-0.4, -0.2) is 35.9 Å². The number of fused-ring (bicyclic) bond motifs is 1. The van der Waals surface area contributed by atoms with Crippen LogP contribution in [0.4, 0.5) is 5.69 Å². The molecular weight excluding hydrogens is 336 g/mol. The number of rotatable bonds is 6. The third kappa shape index (κ3) is 3.85. The number of hydrogen-bond donors (Lipinski definition) is 0. The molecule has 6 heteroatoms. The summed E-state index contributed by atoms with van der Waals surface area (Å²) < 4.78 is 5.63. The molecule has 1 atom stereocenters. The van der Waals surface area contributed by atoms with Gasteiger partial charge in [-0.3, -0.25) is 9.59 Å². The Morgan fingerprint density at radius 2 is 2.08 bits per heavy atom. The van der Waals surface area contributed by atoms with Crippen molar-refractivity contribution in [1.82, 2.24) is 4.90 Å². The molecule has 1 aromatic carbocycles. The topological polar surface area (TPSA) is 49.9 Å². The minimum absolute atomic E-state index is 0.0559. The molecule has 1 unspecified atom stereocenters. The molecule has 5 nitrogen and oxygen atoms in total. The van der Waals surface area contributed by atoms with Crippen molar-refractivity contribution in [3.8, 4) is 5.75 Å². The van der Waals surface area contributed by atoms with E-state index in [9.17, 15) is 9.59 Å². The van der Waals surface area contributed by atoms with E-state index in [4.69, 9.17) is 4.74 Å². The first-order valence-electron chi connectivity index (χ1n) is 8.47. The normalized spacial score (nSPS) is 16.3. The van der Waals surface area contributed by atoms with Gasteiger partial charge in [-0.25, -0.2) is 0 Å². The molecule has 2 amide bonds. The number of anilines is 1. The lowest BCUT2D eigenvalue weighted by Gasteiger charge is -2.33. The average Bonchev–Trinajstić information content (AvgIpc) is 3.13. The highest BCUT2D eigenvalue weighted by molar-refractivity contribution is 7.09. The Morgan fingerprint density at radius 3 is 2.80 bits per heavy atom. The predicted molar refractivity (Wildman–Crippen MR) is 98.9 cm³/mol. The predicted octanol–water partition coefficient (Wildman–Crippen LogP) is 3.30. The Labute approximate surface area is 151 Å². The van der Waals surface area contributed by atoms with Crippen LogP contribution in [0.5, 0.6) is 5.75 Å². The number of hydrogen-bond acceptors (Lipinski definition) is 4. The monoisotopic (exact) mass is 358 g/mol. The van der Waals surface area contributed by atoms with Gasteiger partial charge in [-0.15, -0.1) is 11.3 Å². The highest BCUT2D eigenvalue weighted by atomic mass is 32.1. The summed E-state index contributed by atoms with van der Waals surface area (Å²) in [5.74, 6) is 0.640. The molecule has 0 saturated heterocycles. The average molecular weight is 358 g/mol. The molecule has 25 heavy (non-hydrogen) atoms. The molecule has 2 heterocycles.